The quantitative estimate of drug-likeness (QED) is 0.878. The van der Waals surface area contributed by atoms with Crippen LogP contribution in [0.1, 0.15) is 35.4 Å². The molecule has 2 heterocycles. The number of benzene rings is 1. The van der Waals surface area contributed by atoms with Gasteiger partial charge in [0.05, 0.1) is 6.20 Å². The average molecular weight is 322 g/mol. The second-order valence-electron chi connectivity index (χ2n) is 4.94. The number of aromatic nitrogens is 2. The molecule has 0 radical (unpaired) electrons. The van der Waals surface area contributed by atoms with Crippen LogP contribution in [0.5, 0.6) is 5.75 Å². The van der Waals surface area contributed by atoms with Gasteiger partial charge < -0.3 is 10.5 Å². The predicted molar refractivity (Wildman–Crippen MR) is 77.0 cm³/mol. The summed E-state index contributed by atoms with van der Waals surface area (Å²) in [6, 6.07) is 6.00. The minimum absolute atomic E-state index is 0.00135. The SMILES string of the molecule is Cc1c(C2C[C@@H](N)c3ccc(Br)cc3O2)cnn1C. The van der Waals surface area contributed by atoms with Gasteiger partial charge in [0, 0.05) is 40.8 Å². The zero-order chi connectivity index (χ0) is 13.6. The van der Waals surface area contributed by atoms with Crippen molar-refractivity contribution in [3.63, 3.8) is 0 Å². The highest BCUT2D eigenvalue weighted by molar-refractivity contribution is 9.10. The van der Waals surface area contributed by atoms with Crippen molar-refractivity contribution in [2.24, 2.45) is 12.8 Å². The highest BCUT2D eigenvalue weighted by Gasteiger charge is 2.29. The van der Waals surface area contributed by atoms with Gasteiger partial charge in [-0.15, -0.1) is 0 Å². The van der Waals surface area contributed by atoms with Gasteiger partial charge in [-0.1, -0.05) is 22.0 Å². The Balaban J connectivity index is 1.98. The molecule has 0 amide bonds. The Morgan fingerprint density at radius 1 is 1.42 bits per heavy atom. The highest BCUT2D eigenvalue weighted by Crippen LogP contribution is 2.41. The molecule has 1 aromatic carbocycles. The maximum atomic E-state index is 6.26. The molecule has 2 atom stereocenters. The van der Waals surface area contributed by atoms with Gasteiger partial charge in [0.1, 0.15) is 11.9 Å². The maximum absolute atomic E-state index is 6.26. The Morgan fingerprint density at radius 3 is 2.89 bits per heavy atom. The molecule has 1 aliphatic rings. The second-order valence-corrected chi connectivity index (χ2v) is 5.86. The van der Waals surface area contributed by atoms with Gasteiger partial charge in [-0.05, 0) is 19.1 Å². The maximum Gasteiger partial charge on any atom is 0.129 e. The van der Waals surface area contributed by atoms with Crippen molar-refractivity contribution >= 4 is 15.9 Å². The fraction of sp³-hybridized carbons (Fsp3) is 0.357. The van der Waals surface area contributed by atoms with Gasteiger partial charge in [0.25, 0.3) is 0 Å². The molecule has 1 aromatic heterocycles. The average Bonchev–Trinajstić information content (AvgIpc) is 2.69. The van der Waals surface area contributed by atoms with Crippen LogP contribution >= 0.6 is 15.9 Å². The van der Waals surface area contributed by atoms with Crippen LogP contribution in [0.15, 0.2) is 28.9 Å². The van der Waals surface area contributed by atoms with Crippen LogP contribution in [0.4, 0.5) is 0 Å². The summed E-state index contributed by atoms with van der Waals surface area (Å²) in [5.74, 6) is 0.862. The molecular formula is C14H16BrN3O. The third-order valence-electron chi connectivity index (χ3n) is 3.73. The summed E-state index contributed by atoms with van der Waals surface area (Å²) in [4.78, 5) is 0. The second kappa shape index (κ2) is 4.65. The molecular weight excluding hydrogens is 306 g/mol. The van der Waals surface area contributed by atoms with Crippen molar-refractivity contribution in [1.29, 1.82) is 0 Å². The molecule has 2 N–H and O–H groups in total. The Morgan fingerprint density at radius 2 is 2.21 bits per heavy atom. The third-order valence-corrected chi connectivity index (χ3v) is 4.23. The number of nitrogens with two attached hydrogens (primary N) is 1. The first kappa shape index (κ1) is 12.7. The largest absolute Gasteiger partial charge is 0.485 e. The third kappa shape index (κ3) is 2.17. The number of rotatable bonds is 1. The van der Waals surface area contributed by atoms with E-state index in [4.69, 9.17) is 10.5 Å². The fourth-order valence-electron chi connectivity index (χ4n) is 2.50. The van der Waals surface area contributed by atoms with Crippen molar-refractivity contribution in [1.82, 2.24) is 9.78 Å². The number of nitrogens with zero attached hydrogens (tertiary/aromatic N) is 2. The Labute approximate surface area is 120 Å². The first-order valence-corrected chi connectivity index (χ1v) is 7.05. The summed E-state index contributed by atoms with van der Waals surface area (Å²) < 4.78 is 8.96. The summed E-state index contributed by atoms with van der Waals surface area (Å²) in [7, 11) is 1.94. The van der Waals surface area contributed by atoms with Gasteiger partial charge in [-0.3, -0.25) is 4.68 Å². The minimum Gasteiger partial charge on any atom is -0.485 e. The molecule has 0 saturated carbocycles. The summed E-state index contributed by atoms with van der Waals surface area (Å²) in [5.41, 5.74) is 9.56. The number of fused-ring (bicyclic) bond motifs is 1. The van der Waals surface area contributed by atoms with Crippen molar-refractivity contribution in [2.45, 2.75) is 25.5 Å². The Kier molecular flexibility index (Phi) is 3.11. The first-order valence-electron chi connectivity index (χ1n) is 6.26. The van der Waals surface area contributed by atoms with Gasteiger partial charge >= 0.3 is 0 Å². The first-order chi connectivity index (χ1) is 9.06. The van der Waals surface area contributed by atoms with Crippen LogP contribution in [0.3, 0.4) is 0 Å². The van der Waals surface area contributed by atoms with Crippen molar-refractivity contribution in [3.05, 3.63) is 45.7 Å². The number of ether oxygens (including phenoxy) is 1. The monoisotopic (exact) mass is 321 g/mol. The number of hydrogen-bond donors (Lipinski definition) is 1. The lowest BCUT2D eigenvalue weighted by Crippen LogP contribution is -2.24. The summed E-state index contributed by atoms with van der Waals surface area (Å²) >= 11 is 3.47. The van der Waals surface area contributed by atoms with E-state index in [-0.39, 0.29) is 12.1 Å². The van der Waals surface area contributed by atoms with Crippen LogP contribution in [-0.2, 0) is 7.05 Å². The summed E-state index contributed by atoms with van der Waals surface area (Å²) in [6.45, 7) is 2.05. The molecule has 1 aliphatic heterocycles. The molecule has 19 heavy (non-hydrogen) atoms. The smallest absolute Gasteiger partial charge is 0.129 e. The lowest BCUT2D eigenvalue weighted by atomic mass is 9.94. The highest BCUT2D eigenvalue weighted by atomic mass is 79.9. The van der Waals surface area contributed by atoms with E-state index in [9.17, 15) is 0 Å². The summed E-state index contributed by atoms with van der Waals surface area (Å²) in [6.07, 6.45) is 2.63. The van der Waals surface area contributed by atoms with Gasteiger partial charge in [0.2, 0.25) is 0 Å². The zero-order valence-corrected chi connectivity index (χ0v) is 12.5. The minimum atomic E-state index is -0.0227. The molecule has 1 unspecified atom stereocenters. The summed E-state index contributed by atoms with van der Waals surface area (Å²) in [5, 5.41) is 4.28. The lowest BCUT2D eigenvalue weighted by molar-refractivity contribution is 0.160. The van der Waals surface area contributed by atoms with E-state index in [1.54, 1.807) is 0 Å². The molecule has 5 heteroatoms. The van der Waals surface area contributed by atoms with E-state index in [2.05, 4.69) is 21.0 Å². The van der Waals surface area contributed by atoms with Gasteiger partial charge in [-0.25, -0.2) is 0 Å². The van der Waals surface area contributed by atoms with Gasteiger partial charge in [-0.2, -0.15) is 5.10 Å². The molecule has 3 rings (SSSR count). The van der Waals surface area contributed by atoms with E-state index < -0.39 is 0 Å². The Hall–Kier alpha value is -1.33. The van der Waals surface area contributed by atoms with E-state index >= 15 is 0 Å². The molecule has 0 bridgehead atoms. The van der Waals surface area contributed by atoms with Crippen LogP contribution in [0.2, 0.25) is 0 Å². The van der Waals surface area contributed by atoms with E-state index in [1.807, 2.05) is 43.0 Å². The fourth-order valence-corrected chi connectivity index (χ4v) is 2.84. The molecule has 100 valence electrons. The molecule has 0 saturated heterocycles. The van der Waals surface area contributed by atoms with Crippen LogP contribution in [0, 0.1) is 6.92 Å². The number of aryl methyl sites for hydroxylation is 1. The normalized spacial score (nSPS) is 21.9. The molecule has 2 aromatic rings. The molecule has 4 nitrogen and oxygen atoms in total. The molecule has 0 spiro atoms. The van der Waals surface area contributed by atoms with Crippen molar-refractivity contribution in [3.8, 4) is 5.75 Å². The number of hydrogen-bond acceptors (Lipinski definition) is 3. The van der Waals surface area contributed by atoms with Crippen LogP contribution in [-0.4, -0.2) is 9.78 Å². The topological polar surface area (TPSA) is 53.1 Å². The van der Waals surface area contributed by atoms with E-state index in [1.165, 1.54) is 0 Å². The van der Waals surface area contributed by atoms with E-state index in [0.717, 1.165) is 33.5 Å². The van der Waals surface area contributed by atoms with Crippen LogP contribution in [0.25, 0.3) is 0 Å². The standard InChI is InChI=1S/C14H16BrN3O/c1-8-11(7-17-18(8)2)14-6-12(16)10-4-3-9(15)5-13(10)19-14/h3-5,7,12,14H,6,16H2,1-2H3/t12-,14?/m1/s1. The zero-order valence-electron chi connectivity index (χ0n) is 10.9. The Bertz CT molecular complexity index is 623. The predicted octanol–water partition coefficient (Wildman–Crippen LogP) is 3.01. The lowest BCUT2D eigenvalue weighted by Gasteiger charge is -2.30. The van der Waals surface area contributed by atoms with Crippen LogP contribution < -0.4 is 10.5 Å². The van der Waals surface area contributed by atoms with Crippen molar-refractivity contribution < 1.29 is 4.74 Å². The number of halogens is 1. The molecule has 0 aliphatic carbocycles. The van der Waals surface area contributed by atoms with Crippen molar-refractivity contribution in [2.75, 3.05) is 0 Å². The molecule has 0 fully saturated rings. The van der Waals surface area contributed by atoms with Gasteiger partial charge in [0.15, 0.2) is 0 Å². The van der Waals surface area contributed by atoms with E-state index in [0.29, 0.717) is 0 Å².